The number of amides is 4. The molecule has 4 aromatic rings. The van der Waals surface area contributed by atoms with E-state index in [0.717, 1.165) is 99.5 Å². The van der Waals surface area contributed by atoms with Crippen molar-refractivity contribution in [3.05, 3.63) is 47.8 Å². The van der Waals surface area contributed by atoms with Crippen molar-refractivity contribution < 1.29 is 94.3 Å². The predicted molar refractivity (Wildman–Crippen MR) is 330 cm³/mol. The van der Waals surface area contributed by atoms with Gasteiger partial charge in [0.15, 0.2) is 0 Å². The molecule has 0 spiro atoms. The maximum Gasteiger partial charge on any atom is 0.408 e. The van der Waals surface area contributed by atoms with E-state index in [9.17, 15) is 28.8 Å². The van der Waals surface area contributed by atoms with Gasteiger partial charge in [0.1, 0.15) is 58.9 Å². The van der Waals surface area contributed by atoms with E-state index < -0.39 is 65.0 Å². The van der Waals surface area contributed by atoms with Crippen LogP contribution in [-0.4, -0.2) is 141 Å². The van der Waals surface area contributed by atoms with Crippen LogP contribution in [0.1, 0.15) is 171 Å². The first-order valence-corrected chi connectivity index (χ1v) is 32.5. The van der Waals surface area contributed by atoms with Gasteiger partial charge in [0.05, 0.1) is 48.4 Å². The van der Waals surface area contributed by atoms with Crippen LogP contribution >= 0.6 is 0 Å². The van der Waals surface area contributed by atoms with Crippen molar-refractivity contribution in [1.29, 1.82) is 0 Å². The summed E-state index contributed by atoms with van der Waals surface area (Å²) in [4.78, 5) is 102. The molecular weight excluding hydrogens is 1220 g/mol. The number of alkyl carbamates (subject to hydrolysis) is 2. The Labute approximate surface area is 554 Å². The molecule has 488 valence electrons. The Hall–Kier alpha value is -5.69. The van der Waals surface area contributed by atoms with E-state index in [1.54, 1.807) is 0 Å². The number of aryl methyl sites for hydroxylation is 2. The van der Waals surface area contributed by atoms with Gasteiger partial charge in [-0.25, -0.2) is 42.1 Å². The molecule has 2 aromatic heterocycles. The van der Waals surface area contributed by atoms with Crippen LogP contribution in [0.4, 0.5) is 9.59 Å². The number of rotatable bonds is 6. The van der Waals surface area contributed by atoms with E-state index in [-0.39, 0.29) is 85.9 Å². The van der Waals surface area contributed by atoms with Gasteiger partial charge in [0, 0.05) is 49.2 Å². The van der Waals surface area contributed by atoms with Crippen molar-refractivity contribution in [3.8, 4) is 23.3 Å². The fourth-order valence-electron chi connectivity index (χ4n) is 14.6. The van der Waals surface area contributed by atoms with Gasteiger partial charge in [-0.3, -0.25) is 9.59 Å². The van der Waals surface area contributed by atoms with Crippen molar-refractivity contribution in [3.63, 3.8) is 0 Å². The second kappa shape index (κ2) is 29.5. The van der Waals surface area contributed by atoms with E-state index in [0.29, 0.717) is 78.1 Å². The Morgan fingerprint density at radius 1 is 0.589 bits per heavy atom. The van der Waals surface area contributed by atoms with Crippen molar-refractivity contribution >= 4 is 58.6 Å². The molecule has 2 aromatic carbocycles. The molecule has 11 rings (SSSR count). The van der Waals surface area contributed by atoms with Gasteiger partial charge in [-0.05, 0) is 162 Å². The topological polar surface area (TPSA) is 240 Å². The van der Waals surface area contributed by atoms with E-state index in [1.165, 1.54) is 16.2 Å². The zero-order chi connectivity index (χ0) is 62.8. The van der Waals surface area contributed by atoms with Crippen molar-refractivity contribution in [2.24, 2.45) is 46.3 Å². The molecular formula is C68H92N8O12V2-2. The summed E-state index contributed by atoms with van der Waals surface area (Å²) in [6.45, 7) is 22.4. The molecule has 6 heterocycles. The van der Waals surface area contributed by atoms with Crippen LogP contribution in [0.15, 0.2) is 36.4 Å². The standard InChI is InChI=1S/C34H45N4O6.C34H47N4O6.2V/c1-6-42-21-12-13-24-26(16-21)36-31-25(35-24)11-9-7-8-10-22-23-14-20(23)15-28(22)44-33(41)37-30(34(3,4)5)32(40)38-17-29(43-31)19(2)27(38)18-39;1-7-42-23-15-16-24-26(18-23)36-30-25(35-24)14-10-8-9-12-22-13-11-17-34(22,6)44-32(41)37-29(33(3,4)5)31(40)38-19-28(43-30)21(2)27(38)20-39;;/h12-13,16,19-20,22-23,27-30H,6-11,14-15,17H2,1-5H3,(H,37,41);15-16,18,21-22,27-29H,7-14,17,19H2,1-6H3,(H,37,41);;/q2*-1;;/t19-,20?,22+,23?,27+,28+,29-,30+;21-,22+,27+,28-,29+,34+;;/m00../s1. The Bertz CT molecular complexity index is 3110. The van der Waals surface area contributed by atoms with Crippen LogP contribution in [0.25, 0.3) is 22.1 Å². The summed E-state index contributed by atoms with van der Waals surface area (Å²) >= 11 is 0. The molecule has 4 aliphatic heterocycles. The van der Waals surface area contributed by atoms with Gasteiger partial charge in [-0.1, -0.05) is 93.2 Å². The SMILES string of the molecule is CCOc1ccc2nc3c(nc2c1)O[C@H]1CN(C(=O)[C@H](C(C)(C)C)NC(=O)O[C@@H]2CC4CC4[C@H]2CCCCC3)[C@H]([C-]=O)[C@@H]1C.CCOc1ccc2nc3c(nc2c1)O[C@H]1CN(C(=O)[C@H](C(C)(C)C)NC(=O)O[C@]2(C)CCC[C@H]2CCCCC3)[C@H]([C-]=O)[C@@H]1C.[V].[V]. The maximum atomic E-state index is 14.1. The summed E-state index contributed by atoms with van der Waals surface area (Å²) in [5.41, 5.74) is 2.53. The first kappa shape index (κ1) is 70.2. The Balaban J connectivity index is 0.000000227. The summed E-state index contributed by atoms with van der Waals surface area (Å²) in [7, 11) is 0. The number of nitrogens with one attached hydrogen (secondary N) is 2. The second-order valence-electron chi connectivity index (χ2n) is 28.1. The minimum atomic E-state index is -0.910. The fraction of sp³-hybridized carbons (Fsp3) is 0.676. The number of carbonyl (C=O) groups is 4. The molecule has 5 fully saturated rings. The number of fused-ring (bicyclic) bond motifs is 12. The van der Waals surface area contributed by atoms with Crippen LogP contribution in [0.3, 0.4) is 0 Å². The van der Waals surface area contributed by atoms with Crippen LogP contribution in [-0.2, 0) is 78.6 Å². The molecule has 2 unspecified atom stereocenters. The van der Waals surface area contributed by atoms with Gasteiger partial charge < -0.3 is 58.4 Å². The average molecular weight is 1320 g/mol. The maximum absolute atomic E-state index is 14.1. The number of carbonyl (C=O) groups excluding carboxylic acids is 6. The molecule has 4 amide bonds. The molecule has 2 radical (unpaired) electrons. The zero-order valence-corrected chi connectivity index (χ0v) is 57.2. The van der Waals surface area contributed by atoms with Crippen LogP contribution in [0.2, 0.25) is 0 Å². The fourth-order valence-corrected chi connectivity index (χ4v) is 14.6. The van der Waals surface area contributed by atoms with E-state index in [1.807, 2.05) is 113 Å². The molecule has 7 aliphatic rings. The van der Waals surface area contributed by atoms with Crippen LogP contribution in [0, 0.1) is 46.3 Å². The molecule has 2 N–H and O–H groups in total. The third kappa shape index (κ3) is 15.7. The van der Waals surface area contributed by atoms with Gasteiger partial charge >= 0.3 is 12.2 Å². The average Bonchev–Trinajstić information content (AvgIpc) is 1.58. The van der Waals surface area contributed by atoms with Crippen LogP contribution in [0.5, 0.6) is 23.3 Å². The number of ether oxygens (including phenoxy) is 6. The normalized spacial score (nSPS) is 30.8. The molecule has 20 nitrogen and oxygen atoms in total. The predicted octanol–water partition coefficient (Wildman–Crippen LogP) is 10.6. The monoisotopic (exact) mass is 1310 g/mol. The second-order valence-corrected chi connectivity index (χ2v) is 28.1. The largest absolute Gasteiger partial charge is 0.540 e. The van der Waals surface area contributed by atoms with E-state index in [4.69, 9.17) is 48.4 Å². The molecule has 2 saturated heterocycles. The van der Waals surface area contributed by atoms with Crippen molar-refractivity contribution in [2.75, 3.05) is 26.3 Å². The smallest absolute Gasteiger partial charge is 0.408 e. The molecule has 3 saturated carbocycles. The van der Waals surface area contributed by atoms with E-state index in [2.05, 4.69) is 23.2 Å². The van der Waals surface area contributed by atoms with Crippen molar-refractivity contribution in [2.45, 2.75) is 221 Å². The summed E-state index contributed by atoms with van der Waals surface area (Å²) in [6.07, 6.45) is 16.0. The number of nitrogens with zero attached hydrogens (tertiary/aromatic N) is 6. The Morgan fingerprint density at radius 2 is 1.07 bits per heavy atom. The van der Waals surface area contributed by atoms with Gasteiger partial charge in [0.2, 0.25) is 23.6 Å². The third-order valence-corrected chi connectivity index (χ3v) is 19.8. The zero-order valence-electron chi connectivity index (χ0n) is 54.4. The van der Waals surface area contributed by atoms with Crippen LogP contribution < -0.4 is 29.6 Å². The molecule has 3 aliphatic carbocycles. The van der Waals surface area contributed by atoms with Gasteiger partial charge in [0.25, 0.3) is 0 Å². The van der Waals surface area contributed by atoms with Gasteiger partial charge in [-0.2, -0.15) is 0 Å². The summed E-state index contributed by atoms with van der Waals surface area (Å²) in [5, 5.41) is 5.77. The minimum Gasteiger partial charge on any atom is -0.540 e. The molecule has 14 atom stereocenters. The first-order chi connectivity index (χ1) is 42.0. The number of hydrogen-bond acceptors (Lipinski definition) is 16. The summed E-state index contributed by atoms with van der Waals surface area (Å²) in [5.74, 6) is 2.70. The quantitative estimate of drug-likeness (QED) is 0.171. The first-order valence-electron chi connectivity index (χ1n) is 32.5. The summed E-state index contributed by atoms with van der Waals surface area (Å²) in [6, 6.07) is 7.88. The number of aromatic nitrogens is 4. The Morgan fingerprint density at radius 3 is 1.54 bits per heavy atom. The van der Waals surface area contributed by atoms with Crippen molar-refractivity contribution in [1.82, 2.24) is 40.4 Å². The number of hydrogen-bond donors (Lipinski definition) is 2. The Kier molecular flexibility index (Phi) is 23.0. The van der Waals surface area contributed by atoms with E-state index >= 15 is 0 Å². The third-order valence-electron chi connectivity index (χ3n) is 19.8. The van der Waals surface area contributed by atoms with Gasteiger partial charge in [-0.15, -0.1) is 0 Å². The minimum absolute atomic E-state index is 0. The molecule has 22 heteroatoms. The molecule has 4 bridgehead atoms. The molecule has 90 heavy (non-hydrogen) atoms. The number of benzene rings is 2. The summed E-state index contributed by atoms with van der Waals surface area (Å²) < 4.78 is 36.6.